The molecule has 0 saturated carbocycles. The molecule has 0 radical (unpaired) electrons. The monoisotopic (exact) mass is 233 g/mol. The van der Waals surface area contributed by atoms with Gasteiger partial charge in [-0.1, -0.05) is 52.0 Å². The van der Waals surface area contributed by atoms with Crippen molar-refractivity contribution in [3.8, 4) is 0 Å². The molecule has 0 spiro atoms. The van der Waals surface area contributed by atoms with Crippen LogP contribution in [0.5, 0.6) is 0 Å². The second-order valence-corrected chi connectivity index (χ2v) is 6.07. The zero-order chi connectivity index (χ0) is 12.9. The summed E-state index contributed by atoms with van der Waals surface area (Å²) in [7, 11) is 0. The van der Waals surface area contributed by atoms with Crippen LogP contribution in [0.4, 0.5) is 0 Å². The molecule has 1 rings (SSSR count). The number of hydrogen-bond donors (Lipinski definition) is 1. The molecule has 1 unspecified atom stereocenters. The van der Waals surface area contributed by atoms with E-state index in [0.29, 0.717) is 11.5 Å². The second-order valence-electron chi connectivity index (χ2n) is 6.07. The molecule has 1 aromatic carbocycles. The standard InChI is InChI=1S/C16H27N/c1-6-17-15(11-12-16(3,4)5)14-10-8-7-9-13(14)2/h7-10,15,17H,6,11-12H2,1-5H3. The van der Waals surface area contributed by atoms with Crippen LogP contribution in [0.3, 0.4) is 0 Å². The van der Waals surface area contributed by atoms with Crippen molar-refractivity contribution in [2.45, 2.75) is 53.5 Å². The number of benzene rings is 1. The summed E-state index contributed by atoms with van der Waals surface area (Å²) < 4.78 is 0. The van der Waals surface area contributed by atoms with E-state index in [1.165, 1.54) is 24.0 Å². The number of hydrogen-bond acceptors (Lipinski definition) is 1. The third kappa shape index (κ3) is 4.91. The normalized spacial score (nSPS) is 13.7. The molecule has 0 saturated heterocycles. The molecule has 96 valence electrons. The van der Waals surface area contributed by atoms with E-state index in [1.807, 2.05) is 0 Å². The molecule has 0 aliphatic heterocycles. The first-order chi connectivity index (χ1) is 7.94. The van der Waals surface area contributed by atoms with Gasteiger partial charge in [-0.3, -0.25) is 0 Å². The molecule has 1 N–H and O–H groups in total. The van der Waals surface area contributed by atoms with E-state index >= 15 is 0 Å². The SMILES string of the molecule is CCNC(CCC(C)(C)C)c1ccccc1C. The average Bonchev–Trinajstić information content (AvgIpc) is 2.24. The van der Waals surface area contributed by atoms with Crippen LogP contribution in [-0.4, -0.2) is 6.54 Å². The maximum atomic E-state index is 3.61. The maximum Gasteiger partial charge on any atom is 0.0322 e. The molecule has 1 atom stereocenters. The van der Waals surface area contributed by atoms with E-state index in [2.05, 4.69) is 64.2 Å². The van der Waals surface area contributed by atoms with Gasteiger partial charge in [-0.25, -0.2) is 0 Å². The highest BCUT2D eigenvalue weighted by atomic mass is 14.9. The summed E-state index contributed by atoms with van der Waals surface area (Å²) in [6.45, 7) is 12.4. The van der Waals surface area contributed by atoms with Crippen LogP contribution < -0.4 is 5.32 Å². The van der Waals surface area contributed by atoms with E-state index in [1.54, 1.807) is 0 Å². The van der Waals surface area contributed by atoms with Gasteiger partial charge in [0.15, 0.2) is 0 Å². The average molecular weight is 233 g/mol. The van der Waals surface area contributed by atoms with Crippen LogP contribution in [0, 0.1) is 12.3 Å². The predicted octanol–water partition coefficient (Wildman–Crippen LogP) is 4.47. The molecule has 17 heavy (non-hydrogen) atoms. The van der Waals surface area contributed by atoms with Crippen LogP contribution in [0.25, 0.3) is 0 Å². The van der Waals surface area contributed by atoms with Crippen molar-refractivity contribution in [1.29, 1.82) is 0 Å². The Balaban J connectivity index is 2.75. The Labute approximate surface area is 107 Å². The van der Waals surface area contributed by atoms with Crippen molar-refractivity contribution in [3.63, 3.8) is 0 Å². The van der Waals surface area contributed by atoms with Crippen LogP contribution in [0.1, 0.15) is 57.7 Å². The summed E-state index contributed by atoms with van der Waals surface area (Å²) in [5.41, 5.74) is 3.27. The smallest absolute Gasteiger partial charge is 0.0322 e. The van der Waals surface area contributed by atoms with Gasteiger partial charge in [-0.15, -0.1) is 0 Å². The lowest BCUT2D eigenvalue weighted by Crippen LogP contribution is -2.23. The van der Waals surface area contributed by atoms with E-state index in [0.717, 1.165) is 6.54 Å². The van der Waals surface area contributed by atoms with Crippen molar-refractivity contribution in [2.75, 3.05) is 6.54 Å². The van der Waals surface area contributed by atoms with Crippen molar-refractivity contribution in [1.82, 2.24) is 5.32 Å². The number of nitrogens with one attached hydrogen (secondary N) is 1. The molecule has 0 aromatic heterocycles. The van der Waals surface area contributed by atoms with Gasteiger partial charge in [0, 0.05) is 6.04 Å². The molecule has 1 heteroatoms. The first-order valence-electron chi connectivity index (χ1n) is 6.73. The zero-order valence-corrected chi connectivity index (χ0v) is 12.0. The minimum atomic E-state index is 0.413. The fraction of sp³-hybridized carbons (Fsp3) is 0.625. The van der Waals surface area contributed by atoms with Gasteiger partial charge in [0.05, 0.1) is 0 Å². The lowest BCUT2D eigenvalue weighted by molar-refractivity contribution is 0.333. The summed E-state index contributed by atoms with van der Waals surface area (Å²) >= 11 is 0. The van der Waals surface area contributed by atoms with Gasteiger partial charge in [0.2, 0.25) is 0 Å². The third-order valence-corrected chi connectivity index (χ3v) is 3.20. The Hall–Kier alpha value is -0.820. The molecule has 1 nitrogen and oxygen atoms in total. The summed E-state index contributed by atoms with van der Waals surface area (Å²) in [6.07, 6.45) is 2.46. The molecular formula is C16H27N. The summed E-state index contributed by atoms with van der Waals surface area (Å²) in [4.78, 5) is 0. The van der Waals surface area contributed by atoms with Crippen molar-refractivity contribution >= 4 is 0 Å². The molecule has 0 heterocycles. The van der Waals surface area contributed by atoms with E-state index < -0.39 is 0 Å². The Morgan fingerprint density at radius 2 is 1.82 bits per heavy atom. The largest absolute Gasteiger partial charge is 0.310 e. The Morgan fingerprint density at radius 1 is 1.18 bits per heavy atom. The molecule has 1 aromatic rings. The zero-order valence-electron chi connectivity index (χ0n) is 12.0. The van der Waals surface area contributed by atoms with Crippen LogP contribution in [-0.2, 0) is 0 Å². The number of rotatable bonds is 5. The summed E-state index contributed by atoms with van der Waals surface area (Å²) in [5, 5.41) is 3.61. The van der Waals surface area contributed by atoms with E-state index in [-0.39, 0.29) is 0 Å². The van der Waals surface area contributed by atoms with Crippen LogP contribution in [0.2, 0.25) is 0 Å². The van der Waals surface area contributed by atoms with Gasteiger partial charge >= 0.3 is 0 Å². The number of aryl methyl sites for hydroxylation is 1. The fourth-order valence-corrected chi connectivity index (χ4v) is 2.17. The highest BCUT2D eigenvalue weighted by molar-refractivity contribution is 5.28. The Morgan fingerprint density at radius 3 is 2.35 bits per heavy atom. The van der Waals surface area contributed by atoms with Gasteiger partial charge in [-0.2, -0.15) is 0 Å². The second kappa shape index (κ2) is 6.20. The van der Waals surface area contributed by atoms with E-state index in [9.17, 15) is 0 Å². The van der Waals surface area contributed by atoms with Crippen molar-refractivity contribution in [2.24, 2.45) is 5.41 Å². The fourth-order valence-electron chi connectivity index (χ4n) is 2.17. The third-order valence-electron chi connectivity index (χ3n) is 3.20. The van der Waals surface area contributed by atoms with Gasteiger partial charge in [-0.05, 0) is 42.9 Å². The predicted molar refractivity (Wildman–Crippen MR) is 76.3 cm³/mol. The van der Waals surface area contributed by atoms with Crippen molar-refractivity contribution < 1.29 is 0 Å². The van der Waals surface area contributed by atoms with Gasteiger partial charge < -0.3 is 5.32 Å². The maximum absolute atomic E-state index is 3.61. The Bertz CT molecular complexity index is 336. The van der Waals surface area contributed by atoms with Gasteiger partial charge in [0.25, 0.3) is 0 Å². The highest BCUT2D eigenvalue weighted by Crippen LogP contribution is 2.28. The lowest BCUT2D eigenvalue weighted by Gasteiger charge is -2.25. The van der Waals surface area contributed by atoms with Gasteiger partial charge in [0.1, 0.15) is 0 Å². The first kappa shape index (κ1) is 14.2. The molecule has 0 aliphatic rings. The van der Waals surface area contributed by atoms with Crippen LogP contribution in [0.15, 0.2) is 24.3 Å². The van der Waals surface area contributed by atoms with Crippen molar-refractivity contribution in [3.05, 3.63) is 35.4 Å². The van der Waals surface area contributed by atoms with Crippen LogP contribution >= 0.6 is 0 Å². The molecule has 0 aliphatic carbocycles. The Kier molecular flexibility index (Phi) is 5.20. The topological polar surface area (TPSA) is 12.0 Å². The minimum Gasteiger partial charge on any atom is -0.310 e. The van der Waals surface area contributed by atoms with E-state index in [4.69, 9.17) is 0 Å². The molecular weight excluding hydrogens is 206 g/mol. The minimum absolute atomic E-state index is 0.413. The molecule has 0 fully saturated rings. The summed E-state index contributed by atoms with van der Waals surface area (Å²) in [5.74, 6) is 0. The summed E-state index contributed by atoms with van der Waals surface area (Å²) in [6, 6.07) is 9.22. The highest BCUT2D eigenvalue weighted by Gasteiger charge is 2.17. The molecule has 0 bridgehead atoms. The quantitative estimate of drug-likeness (QED) is 0.791. The lowest BCUT2D eigenvalue weighted by atomic mass is 9.86. The first-order valence-corrected chi connectivity index (χ1v) is 6.73. The molecule has 0 amide bonds.